The van der Waals surface area contributed by atoms with Gasteiger partial charge in [0.15, 0.2) is 11.5 Å². The van der Waals surface area contributed by atoms with Gasteiger partial charge in [-0.25, -0.2) is 9.97 Å². The molecule has 128 valence electrons. The predicted molar refractivity (Wildman–Crippen MR) is 84.3 cm³/mol. The molecule has 0 radical (unpaired) electrons. The minimum atomic E-state index is -4.54. The van der Waals surface area contributed by atoms with Crippen molar-refractivity contribution in [3.05, 3.63) is 36.3 Å². The normalized spacial score (nSPS) is 20.1. The Labute approximate surface area is 137 Å². The van der Waals surface area contributed by atoms with Gasteiger partial charge in [0, 0.05) is 43.2 Å². The van der Waals surface area contributed by atoms with Gasteiger partial charge in [-0.05, 0) is 17.5 Å². The van der Waals surface area contributed by atoms with Crippen molar-refractivity contribution >= 4 is 5.82 Å². The predicted octanol–water partition coefficient (Wildman–Crippen LogP) is 2.97. The van der Waals surface area contributed by atoms with E-state index in [1.54, 1.807) is 12.1 Å². The number of hydrogen-bond acceptors (Lipinski definition) is 5. The number of alkyl halides is 3. The van der Waals surface area contributed by atoms with Crippen LogP contribution in [0.5, 0.6) is 0 Å². The first-order valence-corrected chi connectivity index (χ1v) is 7.60. The minimum absolute atomic E-state index is 0.0150. The molecule has 8 heteroatoms. The zero-order valence-corrected chi connectivity index (χ0v) is 13.4. The SMILES string of the molecule is CC1(C)CNCC1Nc1cc(C(F)(F)F)nc(-c2ccncc2)n1. The smallest absolute Gasteiger partial charge is 0.365 e. The van der Waals surface area contributed by atoms with E-state index in [9.17, 15) is 13.2 Å². The summed E-state index contributed by atoms with van der Waals surface area (Å²) < 4.78 is 39.6. The molecule has 24 heavy (non-hydrogen) atoms. The fourth-order valence-corrected chi connectivity index (χ4v) is 2.66. The third-order valence-corrected chi connectivity index (χ3v) is 4.15. The number of anilines is 1. The molecule has 2 aromatic rings. The molecule has 0 amide bonds. The molecule has 0 saturated carbocycles. The van der Waals surface area contributed by atoms with Gasteiger partial charge in [0.1, 0.15) is 5.82 Å². The standard InChI is InChI=1S/C16H18F3N5/c1-15(2)9-21-8-12(15)22-13-7-11(16(17,18)19)23-14(24-13)10-3-5-20-6-4-10/h3-7,12,21H,8-9H2,1-2H3,(H,22,23,24). The van der Waals surface area contributed by atoms with Crippen molar-refractivity contribution in [3.8, 4) is 11.4 Å². The molecule has 1 aliphatic heterocycles. The first-order valence-electron chi connectivity index (χ1n) is 7.60. The van der Waals surface area contributed by atoms with Gasteiger partial charge < -0.3 is 10.6 Å². The summed E-state index contributed by atoms with van der Waals surface area (Å²) in [6, 6.07) is 4.11. The monoisotopic (exact) mass is 337 g/mol. The molecule has 3 heterocycles. The lowest BCUT2D eigenvalue weighted by molar-refractivity contribution is -0.141. The quantitative estimate of drug-likeness (QED) is 0.902. The fraction of sp³-hybridized carbons (Fsp3) is 0.438. The van der Waals surface area contributed by atoms with E-state index in [0.29, 0.717) is 12.1 Å². The number of rotatable bonds is 3. The second-order valence-electron chi connectivity index (χ2n) is 6.51. The van der Waals surface area contributed by atoms with Crippen LogP contribution in [0.4, 0.5) is 19.0 Å². The second kappa shape index (κ2) is 6.01. The Kier molecular flexibility index (Phi) is 4.16. The molecule has 1 fully saturated rings. The highest BCUT2D eigenvalue weighted by molar-refractivity contribution is 5.57. The Bertz CT molecular complexity index is 715. The molecule has 2 aromatic heterocycles. The van der Waals surface area contributed by atoms with Gasteiger partial charge in [-0.3, -0.25) is 4.98 Å². The molecule has 2 N–H and O–H groups in total. The molecule has 1 aliphatic rings. The van der Waals surface area contributed by atoms with Crippen molar-refractivity contribution in [2.45, 2.75) is 26.1 Å². The summed E-state index contributed by atoms with van der Waals surface area (Å²) in [5, 5.41) is 6.36. The van der Waals surface area contributed by atoms with Crippen LogP contribution in [0.25, 0.3) is 11.4 Å². The lowest BCUT2D eigenvalue weighted by Crippen LogP contribution is -2.35. The van der Waals surface area contributed by atoms with Crippen molar-refractivity contribution in [1.82, 2.24) is 20.3 Å². The molecule has 5 nitrogen and oxygen atoms in total. The van der Waals surface area contributed by atoms with Crippen molar-refractivity contribution in [1.29, 1.82) is 0 Å². The Hall–Kier alpha value is -2.22. The molecule has 1 unspecified atom stereocenters. The van der Waals surface area contributed by atoms with E-state index in [2.05, 4.69) is 39.4 Å². The average molecular weight is 337 g/mol. The van der Waals surface area contributed by atoms with E-state index < -0.39 is 11.9 Å². The molecule has 0 aromatic carbocycles. The van der Waals surface area contributed by atoms with Crippen LogP contribution < -0.4 is 10.6 Å². The van der Waals surface area contributed by atoms with Gasteiger partial charge in [0.25, 0.3) is 0 Å². The van der Waals surface area contributed by atoms with E-state index in [1.807, 2.05) is 0 Å². The van der Waals surface area contributed by atoms with Gasteiger partial charge in [0.05, 0.1) is 0 Å². The number of nitrogens with zero attached hydrogens (tertiary/aromatic N) is 3. The number of pyridine rings is 1. The molecule has 1 saturated heterocycles. The molecule has 0 aliphatic carbocycles. The molecule has 0 spiro atoms. The highest BCUT2D eigenvalue weighted by Crippen LogP contribution is 2.32. The maximum Gasteiger partial charge on any atom is 0.433 e. The van der Waals surface area contributed by atoms with Crippen molar-refractivity contribution in [2.75, 3.05) is 18.4 Å². The number of hydrogen-bond donors (Lipinski definition) is 2. The zero-order chi connectivity index (χ0) is 17.4. The summed E-state index contributed by atoms with van der Waals surface area (Å²) in [4.78, 5) is 11.8. The summed E-state index contributed by atoms with van der Waals surface area (Å²) in [7, 11) is 0. The van der Waals surface area contributed by atoms with Gasteiger partial charge in [-0.15, -0.1) is 0 Å². The van der Waals surface area contributed by atoms with Gasteiger partial charge >= 0.3 is 6.18 Å². The van der Waals surface area contributed by atoms with Crippen LogP contribution in [0.15, 0.2) is 30.6 Å². The van der Waals surface area contributed by atoms with E-state index >= 15 is 0 Å². The van der Waals surface area contributed by atoms with Crippen LogP contribution in [0.1, 0.15) is 19.5 Å². The topological polar surface area (TPSA) is 62.7 Å². The van der Waals surface area contributed by atoms with Crippen molar-refractivity contribution < 1.29 is 13.2 Å². The summed E-state index contributed by atoms with van der Waals surface area (Å²) >= 11 is 0. The van der Waals surface area contributed by atoms with Crippen LogP contribution in [0, 0.1) is 5.41 Å². The van der Waals surface area contributed by atoms with E-state index in [1.165, 1.54) is 12.4 Å². The summed E-state index contributed by atoms with van der Waals surface area (Å²) in [5.41, 5.74) is -0.557. The third-order valence-electron chi connectivity index (χ3n) is 4.15. The van der Waals surface area contributed by atoms with E-state index in [4.69, 9.17) is 0 Å². The Morgan fingerprint density at radius 2 is 1.92 bits per heavy atom. The Morgan fingerprint density at radius 3 is 2.50 bits per heavy atom. The lowest BCUT2D eigenvalue weighted by Gasteiger charge is -2.27. The van der Waals surface area contributed by atoms with Crippen molar-refractivity contribution in [3.63, 3.8) is 0 Å². The average Bonchev–Trinajstić information content (AvgIpc) is 2.86. The lowest BCUT2D eigenvalue weighted by atomic mass is 9.88. The first-order chi connectivity index (χ1) is 11.3. The third kappa shape index (κ3) is 3.48. The minimum Gasteiger partial charge on any atom is -0.365 e. The number of halogens is 3. The van der Waals surface area contributed by atoms with Crippen LogP contribution in [0.3, 0.4) is 0 Å². The van der Waals surface area contributed by atoms with Crippen LogP contribution >= 0.6 is 0 Å². The first kappa shape index (κ1) is 16.6. The fourth-order valence-electron chi connectivity index (χ4n) is 2.66. The molecular formula is C16H18F3N5. The van der Waals surface area contributed by atoms with E-state index in [0.717, 1.165) is 12.6 Å². The van der Waals surface area contributed by atoms with Crippen molar-refractivity contribution in [2.24, 2.45) is 5.41 Å². The van der Waals surface area contributed by atoms with Gasteiger partial charge in [-0.1, -0.05) is 13.8 Å². The van der Waals surface area contributed by atoms with Crippen LogP contribution in [-0.4, -0.2) is 34.1 Å². The Balaban J connectivity index is 1.99. The summed E-state index contributed by atoms with van der Waals surface area (Å²) in [5.74, 6) is 0.199. The summed E-state index contributed by atoms with van der Waals surface area (Å²) in [6.07, 6.45) is -1.54. The molecule has 1 atom stereocenters. The van der Waals surface area contributed by atoms with Gasteiger partial charge in [0.2, 0.25) is 0 Å². The van der Waals surface area contributed by atoms with Crippen LogP contribution in [-0.2, 0) is 6.18 Å². The molecular weight excluding hydrogens is 319 g/mol. The van der Waals surface area contributed by atoms with Crippen LogP contribution in [0.2, 0.25) is 0 Å². The van der Waals surface area contributed by atoms with E-state index in [-0.39, 0.29) is 23.1 Å². The maximum atomic E-state index is 13.2. The molecule has 3 rings (SSSR count). The molecule has 0 bridgehead atoms. The highest BCUT2D eigenvalue weighted by atomic mass is 19.4. The number of nitrogens with one attached hydrogen (secondary N) is 2. The zero-order valence-electron chi connectivity index (χ0n) is 13.4. The number of aromatic nitrogens is 3. The second-order valence-corrected chi connectivity index (χ2v) is 6.51. The summed E-state index contributed by atoms with van der Waals surface area (Å²) in [6.45, 7) is 5.57. The largest absolute Gasteiger partial charge is 0.433 e. The Morgan fingerprint density at radius 1 is 1.21 bits per heavy atom. The van der Waals surface area contributed by atoms with Gasteiger partial charge in [-0.2, -0.15) is 13.2 Å². The highest BCUT2D eigenvalue weighted by Gasteiger charge is 2.37. The maximum absolute atomic E-state index is 13.2.